The van der Waals surface area contributed by atoms with E-state index in [1.54, 1.807) is 0 Å². The molecule has 0 bridgehead atoms. The molecule has 0 aliphatic carbocycles. The number of phenols is 1. The SMILES string of the molecule is CON=C(C(=O)NC1C(=O)N2C(C(=O)O)=C(COC(N)=O)CS[C@@H]12)c1cccc(O)c1. The van der Waals surface area contributed by atoms with Crippen LogP contribution in [-0.2, 0) is 24.0 Å². The Hall–Kier alpha value is -3.74. The molecule has 0 saturated carbocycles. The maximum Gasteiger partial charge on any atom is 0.404 e. The number of nitrogens with two attached hydrogens (primary N) is 1. The van der Waals surface area contributed by atoms with Crippen molar-refractivity contribution in [3.05, 3.63) is 41.1 Å². The van der Waals surface area contributed by atoms with Crippen LogP contribution in [-0.4, -0.2) is 75.6 Å². The van der Waals surface area contributed by atoms with Crippen molar-refractivity contribution in [2.75, 3.05) is 19.5 Å². The lowest BCUT2D eigenvalue weighted by atomic mass is 10.0. The number of carboxylic acids is 1. The van der Waals surface area contributed by atoms with Crippen LogP contribution in [0.2, 0.25) is 0 Å². The summed E-state index contributed by atoms with van der Waals surface area (Å²) in [7, 11) is 1.24. The number of amides is 3. The molecule has 0 spiro atoms. The third-order valence-corrected chi connectivity index (χ3v) is 5.78. The lowest BCUT2D eigenvalue weighted by molar-refractivity contribution is -0.150. The molecule has 0 aromatic heterocycles. The number of aromatic hydroxyl groups is 1. The van der Waals surface area contributed by atoms with Crippen LogP contribution in [0.4, 0.5) is 4.79 Å². The maximum atomic E-state index is 12.7. The molecule has 3 rings (SSSR count). The Kier molecular flexibility index (Phi) is 6.34. The Morgan fingerprint density at radius 3 is 2.74 bits per heavy atom. The van der Waals surface area contributed by atoms with E-state index < -0.39 is 35.3 Å². The third-order valence-electron chi connectivity index (χ3n) is 4.44. The van der Waals surface area contributed by atoms with E-state index >= 15 is 0 Å². The Morgan fingerprint density at radius 1 is 1.39 bits per heavy atom. The van der Waals surface area contributed by atoms with Crippen molar-refractivity contribution in [2.24, 2.45) is 10.9 Å². The predicted molar refractivity (Wildman–Crippen MR) is 107 cm³/mol. The highest BCUT2D eigenvalue weighted by Crippen LogP contribution is 2.40. The number of carbonyl (C=O) groups is 4. The number of nitrogens with zero attached hydrogens (tertiary/aromatic N) is 2. The Bertz CT molecular complexity index is 1010. The van der Waals surface area contributed by atoms with Crippen LogP contribution in [0.1, 0.15) is 5.56 Å². The summed E-state index contributed by atoms with van der Waals surface area (Å²) in [5.74, 6) is -2.69. The van der Waals surface area contributed by atoms with Crippen LogP contribution in [0.3, 0.4) is 0 Å². The van der Waals surface area contributed by atoms with Crippen molar-refractivity contribution >= 4 is 41.4 Å². The first kappa shape index (κ1) is 22.0. The number of aliphatic carboxylic acids is 1. The second-order valence-corrected chi connectivity index (χ2v) is 7.50. The summed E-state index contributed by atoms with van der Waals surface area (Å²) in [4.78, 5) is 53.7. The molecule has 1 unspecified atom stereocenters. The van der Waals surface area contributed by atoms with Crippen LogP contribution in [0.15, 0.2) is 40.7 Å². The quantitative estimate of drug-likeness (QED) is 0.243. The van der Waals surface area contributed by atoms with Gasteiger partial charge in [0.05, 0.1) is 0 Å². The molecule has 31 heavy (non-hydrogen) atoms. The average Bonchev–Trinajstić information content (AvgIpc) is 2.73. The van der Waals surface area contributed by atoms with Crippen LogP contribution in [0, 0.1) is 0 Å². The molecule has 1 saturated heterocycles. The molecule has 0 radical (unpaired) electrons. The number of rotatable bonds is 7. The van der Waals surface area contributed by atoms with Gasteiger partial charge in [-0.1, -0.05) is 17.3 Å². The summed E-state index contributed by atoms with van der Waals surface area (Å²) in [6, 6.07) is 4.74. The van der Waals surface area contributed by atoms with E-state index in [9.17, 15) is 29.4 Å². The number of thioether (sulfide) groups is 1. The first-order chi connectivity index (χ1) is 14.7. The van der Waals surface area contributed by atoms with Crippen molar-refractivity contribution in [2.45, 2.75) is 11.4 Å². The molecule has 2 aliphatic rings. The van der Waals surface area contributed by atoms with Gasteiger partial charge in [0.15, 0.2) is 5.71 Å². The Labute approximate surface area is 179 Å². The molecule has 164 valence electrons. The normalized spacial score (nSPS) is 20.5. The second kappa shape index (κ2) is 8.95. The zero-order chi connectivity index (χ0) is 22.7. The molecule has 1 aromatic carbocycles. The van der Waals surface area contributed by atoms with Gasteiger partial charge in [0, 0.05) is 16.9 Å². The van der Waals surface area contributed by atoms with Gasteiger partial charge in [-0.05, 0) is 12.1 Å². The number of hydrogen-bond donors (Lipinski definition) is 4. The maximum absolute atomic E-state index is 12.7. The minimum atomic E-state index is -1.37. The molecule has 2 heterocycles. The van der Waals surface area contributed by atoms with Gasteiger partial charge in [-0.3, -0.25) is 14.5 Å². The van der Waals surface area contributed by atoms with Gasteiger partial charge < -0.3 is 30.8 Å². The molecule has 13 heteroatoms. The van der Waals surface area contributed by atoms with Crippen molar-refractivity contribution in [3.63, 3.8) is 0 Å². The number of phenolic OH excluding ortho intramolecular Hbond substituents is 1. The number of carboxylic acid groups (broad SMARTS) is 1. The average molecular weight is 450 g/mol. The zero-order valence-corrected chi connectivity index (χ0v) is 16.9. The lowest BCUT2D eigenvalue weighted by Gasteiger charge is -2.49. The van der Waals surface area contributed by atoms with Gasteiger partial charge in [-0.2, -0.15) is 0 Å². The summed E-state index contributed by atoms with van der Waals surface area (Å²) >= 11 is 1.20. The summed E-state index contributed by atoms with van der Waals surface area (Å²) in [5, 5.41) is 24.7. The first-order valence-corrected chi connectivity index (χ1v) is 9.83. The van der Waals surface area contributed by atoms with Crippen molar-refractivity contribution < 1.29 is 39.0 Å². The van der Waals surface area contributed by atoms with Gasteiger partial charge in [0.25, 0.3) is 11.8 Å². The minimum absolute atomic E-state index is 0.0928. The summed E-state index contributed by atoms with van der Waals surface area (Å²) < 4.78 is 4.66. The fourth-order valence-electron chi connectivity index (χ4n) is 3.13. The van der Waals surface area contributed by atoms with Gasteiger partial charge in [0.1, 0.15) is 36.6 Å². The molecule has 1 aromatic rings. The van der Waals surface area contributed by atoms with E-state index in [0.717, 1.165) is 4.90 Å². The van der Waals surface area contributed by atoms with Crippen molar-refractivity contribution in [3.8, 4) is 5.75 Å². The highest BCUT2D eigenvalue weighted by atomic mass is 32.2. The third kappa shape index (κ3) is 4.40. The summed E-state index contributed by atoms with van der Waals surface area (Å²) in [6.45, 7) is -0.361. The molecular weight excluding hydrogens is 432 g/mol. The first-order valence-electron chi connectivity index (χ1n) is 8.78. The molecule has 12 nitrogen and oxygen atoms in total. The van der Waals surface area contributed by atoms with Gasteiger partial charge in [-0.15, -0.1) is 11.8 Å². The number of carbonyl (C=O) groups excluding carboxylic acids is 3. The molecule has 3 amide bonds. The predicted octanol–water partition coefficient (Wildman–Crippen LogP) is -0.423. The lowest BCUT2D eigenvalue weighted by Crippen LogP contribution is -2.71. The second-order valence-electron chi connectivity index (χ2n) is 6.40. The Balaban J connectivity index is 1.79. The number of benzene rings is 1. The van der Waals surface area contributed by atoms with Crippen molar-refractivity contribution in [1.82, 2.24) is 10.2 Å². The fourth-order valence-corrected chi connectivity index (χ4v) is 4.46. The van der Waals surface area contributed by atoms with Crippen molar-refractivity contribution in [1.29, 1.82) is 0 Å². The standard InChI is InChI=1S/C18H18N4O8S/c1-29-21-11(8-3-2-4-10(23)5-8)14(24)20-12-15(25)22-13(17(26)27)9(6-30-18(19)28)7-31-16(12)22/h2-5,12,16,23H,6-7H2,1H3,(H2,19,28)(H,20,24)(H,26,27)/t12?,16-/m0/s1. The molecule has 2 atom stereocenters. The van der Waals surface area contributed by atoms with E-state index in [0.29, 0.717) is 0 Å². The molecule has 2 aliphatic heterocycles. The van der Waals surface area contributed by atoms with E-state index in [2.05, 4.69) is 15.2 Å². The zero-order valence-electron chi connectivity index (χ0n) is 16.1. The number of fused-ring (bicyclic) bond motifs is 1. The smallest absolute Gasteiger partial charge is 0.404 e. The summed E-state index contributed by atoms with van der Waals surface area (Å²) in [6.07, 6.45) is -1.07. The number of hydrogen-bond acceptors (Lipinski definition) is 9. The number of primary amides is 1. The van der Waals surface area contributed by atoms with Gasteiger partial charge in [-0.25, -0.2) is 9.59 Å². The molecule has 5 N–H and O–H groups in total. The van der Waals surface area contributed by atoms with Crippen LogP contribution in [0.25, 0.3) is 0 Å². The van der Waals surface area contributed by atoms with Gasteiger partial charge >= 0.3 is 12.1 Å². The molecular formula is C18H18N4O8S. The summed E-state index contributed by atoms with van der Waals surface area (Å²) in [5.41, 5.74) is 4.92. The topological polar surface area (TPSA) is 181 Å². The van der Waals surface area contributed by atoms with Gasteiger partial charge in [0.2, 0.25) is 0 Å². The van der Waals surface area contributed by atoms with Crippen LogP contribution in [0.5, 0.6) is 5.75 Å². The highest BCUT2D eigenvalue weighted by Gasteiger charge is 2.54. The number of oxime groups is 1. The largest absolute Gasteiger partial charge is 0.508 e. The Morgan fingerprint density at radius 2 is 2.13 bits per heavy atom. The molecule has 1 fully saturated rings. The fraction of sp³-hybridized carbons (Fsp3) is 0.278. The van der Waals surface area contributed by atoms with Crippen LogP contribution >= 0.6 is 11.8 Å². The van der Waals surface area contributed by atoms with E-state index in [4.69, 9.17) is 10.6 Å². The monoisotopic (exact) mass is 450 g/mol. The van der Waals surface area contributed by atoms with Crippen LogP contribution < -0.4 is 11.1 Å². The number of nitrogens with one attached hydrogen (secondary N) is 1. The van der Waals surface area contributed by atoms with E-state index in [-0.39, 0.29) is 40.7 Å². The highest BCUT2D eigenvalue weighted by molar-refractivity contribution is 8.00. The number of β-lactam (4-membered cyclic amide) rings is 1. The minimum Gasteiger partial charge on any atom is -0.508 e. The van der Waals surface area contributed by atoms with E-state index in [1.165, 1.54) is 43.1 Å². The van der Waals surface area contributed by atoms with E-state index in [1.807, 2.05) is 0 Å². The number of ether oxygens (including phenoxy) is 1.